The highest BCUT2D eigenvalue weighted by Gasteiger charge is 2.15. The van der Waals surface area contributed by atoms with Crippen molar-refractivity contribution in [3.63, 3.8) is 0 Å². The molecule has 1 aliphatic rings. The van der Waals surface area contributed by atoms with Crippen molar-refractivity contribution < 1.29 is 0 Å². The Morgan fingerprint density at radius 3 is 3.00 bits per heavy atom. The summed E-state index contributed by atoms with van der Waals surface area (Å²) in [5.41, 5.74) is 3.19. The molecular formula is C7H10N4. The lowest BCUT2D eigenvalue weighted by Crippen LogP contribution is -2.11. The van der Waals surface area contributed by atoms with E-state index < -0.39 is 0 Å². The van der Waals surface area contributed by atoms with Crippen molar-refractivity contribution in [1.82, 2.24) is 15.0 Å². The lowest BCUT2D eigenvalue weighted by molar-refractivity contribution is 0.674. The third-order valence-corrected chi connectivity index (χ3v) is 1.98. The summed E-state index contributed by atoms with van der Waals surface area (Å²) in [6.07, 6.45) is 0.968. The number of aryl methyl sites for hydroxylation is 1. The summed E-state index contributed by atoms with van der Waals surface area (Å²) in [6, 6.07) is 0. The molecular weight excluding hydrogens is 140 g/mol. The van der Waals surface area contributed by atoms with Crippen LogP contribution in [0, 0.1) is 0 Å². The normalized spacial score (nSPS) is 16.0. The van der Waals surface area contributed by atoms with E-state index in [0.717, 1.165) is 24.4 Å². The lowest BCUT2D eigenvalue weighted by Gasteiger charge is -2.07. The van der Waals surface area contributed by atoms with Crippen molar-refractivity contribution in [1.29, 1.82) is 0 Å². The number of nitrogens with zero attached hydrogens (tertiary/aromatic N) is 4. The van der Waals surface area contributed by atoms with E-state index in [1.165, 1.54) is 5.69 Å². The molecule has 0 unspecified atom stereocenters. The van der Waals surface area contributed by atoms with Gasteiger partial charge in [0.15, 0.2) is 0 Å². The lowest BCUT2D eigenvalue weighted by atomic mass is 10.1. The molecule has 11 heavy (non-hydrogen) atoms. The van der Waals surface area contributed by atoms with Gasteiger partial charge in [-0.3, -0.25) is 9.67 Å². The van der Waals surface area contributed by atoms with Crippen molar-refractivity contribution in [3.05, 3.63) is 11.4 Å². The highest BCUT2D eigenvalue weighted by Crippen LogP contribution is 2.11. The summed E-state index contributed by atoms with van der Waals surface area (Å²) in [5.74, 6) is 0. The van der Waals surface area contributed by atoms with Crippen LogP contribution in [0.2, 0.25) is 0 Å². The predicted molar refractivity (Wildman–Crippen MR) is 41.8 cm³/mol. The van der Waals surface area contributed by atoms with Crippen LogP contribution < -0.4 is 0 Å². The van der Waals surface area contributed by atoms with E-state index in [9.17, 15) is 0 Å². The number of aliphatic imine (C=N–C) groups is 1. The molecule has 0 spiro atoms. The molecule has 0 radical (unpaired) electrons. The summed E-state index contributed by atoms with van der Waals surface area (Å²) in [7, 11) is 1.92. The Balaban J connectivity index is 2.58. The molecule has 0 saturated carbocycles. The van der Waals surface area contributed by atoms with Crippen molar-refractivity contribution in [3.8, 4) is 0 Å². The van der Waals surface area contributed by atoms with Crippen LogP contribution in [0.5, 0.6) is 0 Å². The van der Waals surface area contributed by atoms with E-state index in [4.69, 9.17) is 0 Å². The Morgan fingerprint density at radius 2 is 2.27 bits per heavy atom. The van der Waals surface area contributed by atoms with E-state index in [1.54, 1.807) is 0 Å². The van der Waals surface area contributed by atoms with Crippen LogP contribution in [0.25, 0.3) is 0 Å². The van der Waals surface area contributed by atoms with Gasteiger partial charge in [0.05, 0.1) is 11.4 Å². The van der Waals surface area contributed by atoms with Crippen LogP contribution in [0.3, 0.4) is 0 Å². The van der Waals surface area contributed by atoms with Gasteiger partial charge in [-0.15, -0.1) is 5.10 Å². The van der Waals surface area contributed by atoms with Gasteiger partial charge < -0.3 is 0 Å². The minimum absolute atomic E-state index is 0.875. The molecule has 0 saturated heterocycles. The van der Waals surface area contributed by atoms with Gasteiger partial charge in [0.2, 0.25) is 0 Å². The van der Waals surface area contributed by atoms with E-state index in [1.807, 2.05) is 18.7 Å². The highest BCUT2D eigenvalue weighted by molar-refractivity contribution is 5.98. The minimum atomic E-state index is 0.875. The molecule has 0 bridgehead atoms. The summed E-state index contributed by atoms with van der Waals surface area (Å²) >= 11 is 0. The smallest absolute Gasteiger partial charge is 0.129 e. The molecule has 0 aromatic carbocycles. The zero-order valence-electron chi connectivity index (χ0n) is 6.70. The Hall–Kier alpha value is -1.19. The van der Waals surface area contributed by atoms with Gasteiger partial charge in [0.25, 0.3) is 0 Å². The average molecular weight is 150 g/mol. The Bertz CT molecular complexity index is 310. The van der Waals surface area contributed by atoms with Gasteiger partial charge >= 0.3 is 0 Å². The molecule has 4 heteroatoms. The second kappa shape index (κ2) is 2.15. The Kier molecular flexibility index (Phi) is 1.27. The van der Waals surface area contributed by atoms with Crippen LogP contribution in [-0.2, 0) is 13.5 Å². The van der Waals surface area contributed by atoms with Crippen LogP contribution in [0.15, 0.2) is 4.99 Å². The summed E-state index contributed by atoms with van der Waals surface area (Å²) in [6.45, 7) is 2.85. The molecule has 1 aromatic rings. The third kappa shape index (κ3) is 0.859. The summed E-state index contributed by atoms with van der Waals surface area (Å²) in [4.78, 5) is 4.29. The maximum Gasteiger partial charge on any atom is 0.129 e. The number of rotatable bonds is 0. The molecule has 0 aliphatic carbocycles. The first-order chi connectivity index (χ1) is 5.29. The van der Waals surface area contributed by atoms with Gasteiger partial charge in [-0.25, -0.2) is 0 Å². The monoisotopic (exact) mass is 150 g/mol. The number of aromatic nitrogens is 3. The third-order valence-electron chi connectivity index (χ3n) is 1.98. The molecule has 0 fully saturated rings. The quantitative estimate of drug-likeness (QED) is 0.529. The van der Waals surface area contributed by atoms with E-state index in [0.29, 0.717) is 0 Å². The van der Waals surface area contributed by atoms with Crippen molar-refractivity contribution in [2.45, 2.75) is 13.3 Å². The first-order valence-corrected chi connectivity index (χ1v) is 3.69. The van der Waals surface area contributed by atoms with Crippen LogP contribution >= 0.6 is 0 Å². The molecule has 4 nitrogen and oxygen atoms in total. The molecule has 2 heterocycles. The molecule has 0 N–H and O–H groups in total. The van der Waals surface area contributed by atoms with Gasteiger partial charge in [-0.1, -0.05) is 5.21 Å². The second-order valence-electron chi connectivity index (χ2n) is 2.73. The zero-order chi connectivity index (χ0) is 7.84. The number of hydrogen-bond acceptors (Lipinski definition) is 3. The van der Waals surface area contributed by atoms with Crippen molar-refractivity contribution in [2.24, 2.45) is 12.0 Å². The predicted octanol–water partition coefficient (Wildman–Crippen LogP) is 0.180. The first kappa shape index (κ1) is 6.52. The van der Waals surface area contributed by atoms with Gasteiger partial charge in [0, 0.05) is 20.0 Å². The molecule has 0 amide bonds. The number of fused-ring (bicyclic) bond motifs is 1. The maximum absolute atomic E-state index is 4.29. The van der Waals surface area contributed by atoms with Crippen molar-refractivity contribution in [2.75, 3.05) is 6.54 Å². The summed E-state index contributed by atoms with van der Waals surface area (Å²) in [5, 5.41) is 7.95. The van der Waals surface area contributed by atoms with Crippen LogP contribution in [0.1, 0.15) is 18.3 Å². The standard InChI is InChI=1S/C7H10N4/c1-5-7-6(3-4-8-5)11(2)10-9-7/h3-4H2,1-2H3. The second-order valence-corrected chi connectivity index (χ2v) is 2.73. The fourth-order valence-electron chi connectivity index (χ4n) is 1.34. The van der Waals surface area contributed by atoms with Crippen LogP contribution in [-0.4, -0.2) is 27.3 Å². The largest absolute Gasteiger partial charge is 0.287 e. The SMILES string of the molecule is CC1=NCCc2c1nnn2C. The van der Waals surface area contributed by atoms with E-state index in [-0.39, 0.29) is 0 Å². The Morgan fingerprint density at radius 1 is 1.45 bits per heavy atom. The maximum atomic E-state index is 4.29. The average Bonchev–Trinajstić information content (AvgIpc) is 2.35. The molecule has 58 valence electrons. The summed E-state index contributed by atoms with van der Waals surface area (Å²) < 4.78 is 1.83. The van der Waals surface area contributed by atoms with Crippen LogP contribution in [0.4, 0.5) is 0 Å². The minimum Gasteiger partial charge on any atom is -0.287 e. The Labute approximate surface area is 64.9 Å². The molecule has 2 rings (SSSR count). The van der Waals surface area contributed by atoms with Gasteiger partial charge in [-0.2, -0.15) is 0 Å². The fraction of sp³-hybridized carbons (Fsp3) is 0.571. The molecule has 1 aromatic heterocycles. The molecule has 1 aliphatic heterocycles. The van der Waals surface area contributed by atoms with E-state index >= 15 is 0 Å². The zero-order valence-corrected chi connectivity index (χ0v) is 6.70. The topological polar surface area (TPSA) is 43.1 Å². The number of hydrogen-bond donors (Lipinski definition) is 0. The van der Waals surface area contributed by atoms with Gasteiger partial charge in [-0.05, 0) is 6.92 Å². The molecule has 0 atom stereocenters. The van der Waals surface area contributed by atoms with Crippen molar-refractivity contribution >= 4 is 5.71 Å². The first-order valence-electron chi connectivity index (χ1n) is 3.69. The van der Waals surface area contributed by atoms with Gasteiger partial charge in [0.1, 0.15) is 5.69 Å². The highest BCUT2D eigenvalue weighted by atomic mass is 15.4. The fourth-order valence-corrected chi connectivity index (χ4v) is 1.34. The van der Waals surface area contributed by atoms with E-state index in [2.05, 4.69) is 15.3 Å².